The fourth-order valence-electron chi connectivity index (χ4n) is 5.39. The van der Waals surface area contributed by atoms with Crippen LogP contribution in [0.25, 0.3) is 11.1 Å². The second-order valence-corrected chi connectivity index (χ2v) is 10.4. The van der Waals surface area contributed by atoms with Crippen LogP contribution in [-0.2, 0) is 41.9 Å². The number of nitrogens with one attached hydrogen (secondary N) is 3. The number of anilines is 1. The number of rotatable bonds is 7. The number of benzene rings is 1. The number of amides is 2. The minimum absolute atomic E-state index is 0.0112. The molecular weight excluding hydrogens is 512 g/mol. The standard InChI is InChI=1S/C27H28N10O3/c38-24(36-6-5-22-23(12-36)33-35-32-22)13-37-11-21(25(34-37)26(39)30-20-14-40-15-20)18-9-28-27(29-10-18)31-19-7-16-3-1-2-4-17(16)8-19/h1-4,9-11,19-20H,5-8,12-15H2,(H,30,39)(H,28,29,31)(H,32,33,35). The number of hydrogen-bond donors (Lipinski definition) is 3. The molecular formula is C27H28N10O3. The van der Waals surface area contributed by atoms with E-state index in [1.807, 2.05) is 0 Å². The molecule has 1 fully saturated rings. The van der Waals surface area contributed by atoms with Gasteiger partial charge in [0.05, 0.1) is 31.5 Å². The molecule has 0 bridgehead atoms. The molecule has 3 aromatic heterocycles. The predicted octanol–water partition coefficient (Wildman–Crippen LogP) is 0.751. The Morgan fingerprint density at radius 3 is 2.50 bits per heavy atom. The van der Waals surface area contributed by atoms with E-state index in [1.54, 1.807) is 23.5 Å². The Bertz CT molecular complexity index is 1530. The van der Waals surface area contributed by atoms with Crippen LogP contribution in [0, 0.1) is 0 Å². The maximum absolute atomic E-state index is 13.1. The third-order valence-electron chi connectivity index (χ3n) is 7.61. The highest BCUT2D eigenvalue weighted by molar-refractivity contribution is 5.99. The lowest BCUT2D eigenvalue weighted by atomic mass is 10.1. The number of aromatic amines is 1. The molecule has 1 saturated heterocycles. The Hall–Kier alpha value is -4.65. The summed E-state index contributed by atoms with van der Waals surface area (Å²) in [7, 11) is 0. The summed E-state index contributed by atoms with van der Waals surface area (Å²) in [5.41, 5.74) is 5.76. The Morgan fingerprint density at radius 2 is 1.77 bits per heavy atom. The van der Waals surface area contributed by atoms with Gasteiger partial charge in [-0.3, -0.25) is 14.3 Å². The Balaban J connectivity index is 1.09. The van der Waals surface area contributed by atoms with E-state index in [-0.39, 0.29) is 36.1 Å². The van der Waals surface area contributed by atoms with Crippen molar-refractivity contribution in [3.05, 3.63) is 71.1 Å². The fourth-order valence-corrected chi connectivity index (χ4v) is 5.39. The molecule has 13 nitrogen and oxygen atoms in total. The van der Waals surface area contributed by atoms with E-state index in [2.05, 4.69) is 65.4 Å². The summed E-state index contributed by atoms with van der Waals surface area (Å²) in [6.07, 6.45) is 7.55. The van der Waals surface area contributed by atoms with E-state index in [4.69, 9.17) is 4.74 Å². The van der Waals surface area contributed by atoms with E-state index in [9.17, 15) is 9.59 Å². The predicted molar refractivity (Wildman–Crippen MR) is 142 cm³/mol. The van der Waals surface area contributed by atoms with Gasteiger partial charge in [0, 0.05) is 48.7 Å². The van der Waals surface area contributed by atoms with Crippen molar-refractivity contribution < 1.29 is 14.3 Å². The van der Waals surface area contributed by atoms with Crippen LogP contribution in [0.1, 0.15) is 33.0 Å². The molecule has 0 radical (unpaired) electrons. The van der Waals surface area contributed by atoms with Gasteiger partial charge in [-0.05, 0) is 24.0 Å². The van der Waals surface area contributed by atoms with Gasteiger partial charge < -0.3 is 20.3 Å². The number of fused-ring (bicyclic) bond motifs is 2. The summed E-state index contributed by atoms with van der Waals surface area (Å²) < 4.78 is 6.69. The highest BCUT2D eigenvalue weighted by Crippen LogP contribution is 2.26. The molecule has 3 aliphatic rings. The van der Waals surface area contributed by atoms with Gasteiger partial charge in [0.1, 0.15) is 12.2 Å². The first kappa shape index (κ1) is 24.4. The van der Waals surface area contributed by atoms with Crippen LogP contribution in [-0.4, -0.2) is 83.7 Å². The molecule has 4 aromatic rings. The minimum atomic E-state index is -0.328. The topological polar surface area (TPSA) is 156 Å². The van der Waals surface area contributed by atoms with Crippen LogP contribution < -0.4 is 10.6 Å². The van der Waals surface area contributed by atoms with Crippen molar-refractivity contribution in [2.45, 2.75) is 44.4 Å². The lowest BCUT2D eigenvalue weighted by molar-refractivity contribution is -0.133. The van der Waals surface area contributed by atoms with Crippen LogP contribution in [0.5, 0.6) is 0 Å². The third kappa shape index (κ3) is 4.79. The minimum Gasteiger partial charge on any atom is -0.377 e. The van der Waals surface area contributed by atoms with E-state index in [0.29, 0.717) is 49.8 Å². The molecule has 0 spiro atoms. The number of ether oxygens (including phenoxy) is 1. The fraction of sp³-hybridized carbons (Fsp3) is 0.370. The molecule has 2 aliphatic heterocycles. The second-order valence-electron chi connectivity index (χ2n) is 10.4. The third-order valence-corrected chi connectivity index (χ3v) is 7.61. The SMILES string of the molecule is O=C(NC1COC1)c1nn(CC(=O)N2CCc3n[nH]nc3C2)cc1-c1cnc(NC2Cc3ccccc3C2)nc1. The van der Waals surface area contributed by atoms with Gasteiger partial charge in [0.15, 0.2) is 5.69 Å². The smallest absolute Gasteiger partial charge is 0.272 e. The van der Waals surface area contributed by atoms with E-state index < -0.39 is 0 Å². The average Bonchev–Trinajstić information content (AvgIpc) is 3.68. The maximum Gasteiger partial charge on any atom is 0.272 e. The quantitative estimate of drug-likeness (QED) is 0.308. The van der Waals surface area contributed by atoms with Crippen LogP contribution >= 0.6 is 0 Å². The van der Waals surface area contributed by atoms with Crippen LogP contribution in [0.15, 0.2) is 42.9 Å². The van der Waals surface area contributed by atoms with Crippen molar-refractivity contribution in [1.82, 2.24) is 45.4 Å². The Kier molecular flexibility index (Phi) is 6.19. The highest BCUT2D eigenvalue weighted by Gasteiger charge is 2.28. The van der Waals surface area contributed by atoms with Crippen LogP contribution in [0.4, 0.5) is 5.95 Å². The van der Waals surface area contributed by atoms with Crippen molar-refractivity contribution in [2.24, 2.45) is 0 Å². The summed E-state index contributed by atoms with van der Waals surface area (Å²) in [5, 5.41) is 21.7. The van der Waals surface area contributed by atoms with Crippen molar-refractivity contribution in [3.63, 3.8) is 0 Å². The zero-order valence-corrected chi connectivity index (χ0v) is 21.7. The molecule has 0 atom stereocenters. The molecule has 204 valence electrons. The molecule has 1 aliphatic carbocycles. The average molecular weight is 541 g/mol. The molecule has 0 unspecified atom stereocenters. The number of H-pyrrole nitrogens is 1. The molecule has 1 aromatic carbocycles. The van der Waals surface area contributed by atoms with E-state index in [1.165, 1.54) is 15.8 Å². The number of nitrogens with zero attached hydrogens (tertiary/aromatic N) is 7. The van der Waals surface area contributed by atoms with Gasteiger partial charge in [0.25, 0.3) is 5.91 Å². The lowest BCUT2D eigenvalue weighted by Gasteiger charge is -2.26. The van der Waals surface area contributed by atoms with Gasteiger partial charge in [-0.2, -0.15) is 20.5 Å². The molecule has 40 heavy (non-hydrogen) atoms. The molecule has 7 rings (SSSR count). The molecule has 0 saturated carbocycles. The molecule has 3 N–H and O–H groups in total. The summed E-state index contributed by atoms with van der Waals surface area (Å²) >= 11 is 0. The number of carbonyl (C=O) groups excluding carboxylic acids is 2. The number of carbonyl (C=O) groups is 2. The summed E-state index contributed by atoms with van der Waals surface area (Å²) in [6.45, 7) is 1.86. The molecule has 2 amide bonds. The monoisotopic (exact) mass is 540 g/mol. The van der Waals surface area contributed by atoms with Gasteiger partial charge in [0.2, 0.25) is 11.9 Å². The van der Waals surface area contributed by atoms with Crippen molar-refractivity contribution in [1.29, 1.82) is 0 Å². The van der Waals surface area contributed by atoms with Crippen LogP contribution in [0.2, 0.25) is 0 Å². The molecule has 5 heterocycles. The lowest BCUT2D eigenvalue weighted by Crippen LogP contribution is -2.48. The second kappa shape index (κ2) is 10.2. The zero-order valence-electron chi connectivity index (χ0n) is 21.7. The van der Waals surface area contributed by atoms with E-state index in [0.717, 1.165) is 24.2 Å². The molecule has 13 heteroatoms. The summed E-state index contributed by atoms with van der Waals surface area (Å²) in [6, 6.07) is 8.60. The van der Waals surface area contributed by atoms with Gasteiger partial charge in [-0.1, -0.05) is 24.3 Å². The largest absolute Gasteiger partial charge is 0.377 e. The van der Waals surface area contributed by atoms with E-state index >= 15 is 0 Å². The van der Waals surface area contributed by atoms with Gasteiger partial charge in [-0.15, -0.1) is 0 Å². The highest BCUT2D eigenvalue weighted by atomic mass is 16.5. The first-order valence-corrected chi connectivity index (χ1v) is 13.4. The van der Waals surface area contributed by atoms with Crippen molar-refractivity contribution >= 4 is 17.8 Å². The summed E-state index contributed by atoms with van der Waals surface area (Å²) in [4.78, 5) is 37.0. The first-order chi connectivity index (χ1) is 19.6. The van der Waals surface area contributed by atoms with Crippen molar-refractivity contribution in [3.8, 4) is 11.1 Å². The van der Waals surface area contributed by atoms with Gasteiger partial charge in [-0.25, -0.2) is 9.97 Å². The zero-order chi connectivity index (χ0) is 27.1. The number of hydrogen-bond acceptors (Lipinski definition) is 9. The first-order valence-electron chi connectivity index (χ1n) is 13.4. The summed E-state index contributed by atoms with van der Waals surface area (Å²) in [5.74, 6) is 0.0834. The maximum atomic E-state index is 13.1. The Labute approximate surface area is 229 Å². The van der Waals surface area contributed by atoms with Gasteiger partial charge >= 0.3 is 0 Å². The number of aromatic nitrogens is 7. The normalized spacial score (nSPS) is 16.8. The Morgan fingerprint density at radius 1 is 1.02 bits per heavy atom. The van der Waals surface area contributed by atoms with Crippen molar-refractivity contribution in [2.75, 3.05) is 25.1 Å². The van der Waals surface area contributed by atoms with Crippen LogP contribution in [0.3, 0.4) is 0 Å².